The fourth-order valence-electron chi connectivity index (χ4n) is 16.4. The lowest BCUT2D eigenvalue weighted by molar-refractivity contribution is -0.141. The van der Waals surface area contributed by atoms with Gasteiger partial charge in [-0.25, -0.2) is 14.4 Å². The molecule has 2 aliphatic heterocycles. The van der Waals surface area contributed by atoms with Crippen molar-refractivity contribution in [3.63, 3.8) is 0 Å². The van der Waals surface area contributed by atoms with E-state index < -0.39 is 71.4 Å². The Bertz CT molecular complexity index is 4380. The van der Waals surface area contributed by atoms with Crippen molar-refractivity contribution in [2.45, 2.75) is 351 Å². The average molecular weight is 1840 g/mol. The van der Waals surface area contributed by atoms with Crippen LogP contribution in [-0.4, -0.2) is 199 Å². The zero-order valence-electron chi connectivity index (χ0n) is 82.6. The molecule has 0 aromatic heterocycles. The van der Waals surface area contributed by atoms with E-state index in [2.05, 4.69) is 70.2 Å². The lowest BCUT2D eigenvalue weighted by Gasteiger charge is -2.29. The molecule has 732 valence electrons. The van der Waals surface area contributed by atoms with Crippen LogP contribution >= 0.6 is 0 Å². The molecular weight excluding hydrogens is 1680 g/mol. The number of hydrogen-bond acceptors (Lipinski definition) is 19. The van der Waals surface area contributed by atoms with Gasteiger partial charge in [0, 0.05) is 78.1 Å². The van der Waals surface area contributed by atoms with Gasteiger partial charge in [-0.3, -0.25) is 52.7 Å². The van der Waals surface area contributed by atoms with Gasteiger partial charge in [0.2, 0.25) is 64.4 Å². The summed E-state index contributed by atoms with van der Waals surface area (Å²) in [5.41, 5.74) is 3.24. The Morgan fingerprint density at radius 1 is 0.432 bits per heavy atom. The molecule has 8 atom stereocenters. The third kappa shape index (κ3) is 39.6. The Morgan fingerprint density at radius 2 is 0.856 bits per heavy atom. The van der Waals surface area contributed by atoms with Crippen molar-refractivity contribution in [2.24, 2.45) is 23.7 Å². The van der Waals surface area contributed by atoms with Crippen molar-refractivity contribution in [3.8, 4) is 0 Å². The number of nitrogens with one attached hydrogen (secondary N) is 8. The van der Waals surface area contributed by atoms with E-state index in [0.717, 1.165) is 62.5 Å². The summed E-state index contributed by atoms with van der Waals surface area (Å²) < 4.78 is 26.7. The van der Waals surface area contributed by atoms with E-state index in [1.54, 1.807) is 58.3 Å². The molecule has 2 aromatic rings. The van der Waals surface area contributed by atoms with Gasteiger partial charge in [0.25, 0.3) is 0 Å². The first-order valence-corrected chi connectivity index (χ1v) is 47.9. The summed E-state index contributed by atoms with van der Waals surface area (Å²) in [5, 5.41) is 23.3. The van der Waals surface area contributed by atoms with Gasteiger partial charge in [0.15, 0.2) is 11.6 Å². The number of allylic oxidation sites excluding steroid dienone is 6. The van der Waals surface area contributed by atoms with Crippen LogP contribution in [0.3, 0.4) is 0 Å². The maximum Gasteiger partial charge on any atom is 0.408 e. The molecule has 2 aromatic carbocycles. The molecule has 0 unspecified atom stereocenters. The molecule has 0 spiro atoms. The summed E-state index contributed by atoms with van der Waals surface area (Å²) in [6.45, 7) is 34.8. The number of ketones is 4. The quantitative estimate of drug-likeness (QED) is 0.0132. The van der Waals surface area contributed by atoms with Crippen LogP contribution in [0.25, 0.3) is 0 Å². The number of hydrogen-bond donors (Lipinski definition) is 8. The molecule has 10 amide bonds. The van der Waals surface area contributed by atoms with Crippen molar-refractivity contribution >= 4 is 82.8 Å². The minimum atomic E-state index is -0.853. The Kier molecular flexibility index (Phi) is 48.2. The van der Waals surface area contributed by atoms with E-state index in [9.17, 15) is 67.1 Å². The molecular formula is C103H156N10O19. The predicted molar refractivity (Wildman–Crippen MR) is 511 cm³/mol. The van der Waals surface area contributed by atoms with Crippen molar-refractivity contribution in [1.82, 2.24) is 52.3 Å². The number of rotatable bonds is 51. The number of Topliss-reactive ketones (excluding diaryl/α,β-unsaturated/α-hetero) is 4. The predicted octanol–water partition coefficient (Wildman–Crippen LogP) is 15.3. The van der Waals surface area contributed by atoms with Gasteiger partial charge in [-0.05, 0) is 242 Å². The number of unbranched alkanes of at least 4 members (excludes halogenated alkanes) is 9. The topological polar surface area (TPSA) is 388 Å². The van der Waals surface area contributed by atoms with Crippen LogP contribution < -0.4 is 42.5 Å². The third-order valence-corrected chi connectivity index (χ3v) is 23.3. The molecule has 132 heavy (non-hydrogen) atoms. The summed E-state index contributed by atoms with van der Waals surface area (Å²) in [5.74, 6) is -3.74. The highest BCUT2D eigenvalue weighted by atomic mass is 16.6. The highest BCUT2D eigenvalue weighted by molar-refractivity contribution is 6.25. The number of carbonyl (C=O) groups excluding carboxylic acids is 14. The molecule has 4 aliphatic rings. The van der Waals surface area contributed by atoms with E-state index in [0.29, 0.717) is 169 Å². The first kappa shape index (κ1) is 112. The maximum atomic E-state index is 14.5. The van der Waals surface area contributed by atoms with E-state index in [-0.39, 0.29) is 119 Å². The van der Waals surface area contributed by atoms with Crippen LogP contribution in [0.1, 0.15) is 290 Å². The number of nitrogens with zero attached hydrogens (tertiary/aromatic N) is 2. The van der Waals surface area contributed by atoms with Crippen LogP contribution in [-0.2, 0) is 89.3 Å². The third-order valence-electron chi connectivity index (χ3n) is 23.3. The zero-order chi connectivity index (χ0) is 98.0. The van der Waals surface area contributed by atoms with E-state index in [4.69, 9.17) is 23.7 Å². The zero-order valence-corrected chi connectivity index (χ0v) is 82.6. The number of aryl methyl sites for hydroxylation is 1. The highest BCUT2D eigenvalue weighted by Gasteiger charge is 2.42. The van der Waals surface area contributed by atoms with Gasteiger partial charge in [0.1, 0.15) is 35.4 Å². The molecule has 2 heterocycles. The maximum absolute atomic E-state index is 14.5. The fourth-order valence-corrected chi connectivity index (χ4v) is 16.4. The number of ether oxygens (including phenoxy) is 5. The van der Waals surface area contributed by atoms with Crippen LogP contribution in [0.15, 0.2) is 130 Å². The number of alkyl carbamates (subject to hydrolysis) is 3. The Balaban J connectivity index is 0.000000475. The van der Waals surface area contributed by atoms with Gasteiger partial charge in [0.05, 0.1) is 44.7 Å². The first-order chi connectivity index (χ1) is 62.4. The molecule has 2 fully saturated rings. The van der Waals surface area contributed by atoms with Gasteiger partial charge in [-0.1, -0.05) is 151 Å². The van der Waals surface area contributed by atoms with Gasteiger partial charge >= 0.3 is 18.3 Å². The molecule has 8 N–H and O–H groups in total. The van der Waals surface area contributed by atoms with Crippen molar-refractivity contribution in [2.75, 3.05) is 47.0 Å². The molecule has 2 saturated heterocycles. The van der Waals surface area contributed by atoms with E-state index >= 15 is 0 Å². The summed E-state index contributed by atoms with van der Waals surface area (Å²) in [7, 11) is 2.72. The average Bonchev–Trinajstić information content (AvgIpc) is 0.882. The summed E-state index contributed by atoms with van der Waals surface area (Å²) in [6, 6.07) is 15.3. The number of methoxy groups -OCH3 is 2. The standard InChI is InChI=1S/C56H87N5O11.C47H69N5O8/c1-38(2)37-43(59-55(68)72-56(6,7)8)33-32-42(31-30-41-25-18-17-19-26-41)53(66)61-35-24-29-46(61)52(65)60-45(51(64)58-39(3)4)28-21-22-34-57-54(67)71-36-23-16-14-12-11-13-15-20-27-44-40(5)47(62)49(69-9)50(70-10)48(44)63;1-29(2)27-36(50-46(59)60-47(8,9)10)22-21-35(28-34-17-12-11-13-18-34)45(58)52-26-16-20-39(52)44(57)51-38(43(56)49-30(3)4)19-14-15-25-48-40(53)24-23-37-33(7)41(54)31(5)32(6)42(37)55/h17-19,25-26,32-33,38-39,42-43,45-46H,11-16,20-24,27-31,34-37H2,1-10H3,(H,57,67)(H,58,64)(H,59,68)(H,60,65);11-13,17-18,21-22,29-30,35-36,38-39H,14-16,19-20,23-28H2,1-10H3,(H,48,53)(H,49,56)(H,50,59)(H,51,57)/b33-32+;22-21+/t42-,43+,45-,46-;35-,36-,38+,39+/m01/s1. The summed E-state index contributed by atoms with van der Waals surface area (Å²) in [4.78, 5) is 188. The van der Waals surface area contributed by atoms with Crippen molar-refractivity contribution < 1.29 is 90.8 Å². The largest absolute Gasteiger partial charge is 0.489 e. The van der Waals surface area contributed by atoms with Crippen LogP contribution in [0.2, 0.25) is 0 Å². The van der Waals surface area contributed by atoms with E-state index in [1.807, 2.05) is 133 Å². The Labute approximate surface area is 784 Å². The second kappa shape index (κ2) is 57.0. The molecule has 0 saturated carbocycles. The van der Waals surface area contributed by atoms with Gasteiger partial charge < -0.3 is 76.0 Å². The molecule has 29 heteroatoms. The van der Waals surface area contributed by atoms with Crippen LogP contribution in [0.5, 0.6) is 0 Å². The lowest BCUT2D eigenvalue weighted by Crippen LogP contribution is -2.54. The molecule has 0 radical (unpaired) electrons. The summed E-state index contributed by atoms with van der Waals surface area (Å²) in [6.07, 6.45) is 22.0. The Morgan fingerprint density at radius 3 is 1.33 bits per heavy atom. The van der Waals surface area contributed by atoms with E-state index in [1.165, 1.54) is 14.2 Å². The van der Waals surface area contributed by atoms with Gasteiger partial charge in [-0.2, -0.15) is 0 Å². The van der Waals surface area contributed by atoms with Crippen LogP contribution in [0.4, 0.5) is 14.4 Å². The highest BCUT2D eigenvalue weighted by Crippen LogP contribution is 2.32. The normalized spacial score (nSPS) is 17.0. The lowest BCUT2D eigenvalue weighted by atomic mass is 9.84. The van der Waals surface area contributed by atoms with Crippen molar-refractivity contribution in [1.29, 1.82) is 0 Å². The van der Waals surface area contributed by atoms with Gasteiger partial charge in [-0.15, -0.1) is 0 Å². The number of benzene rings is 2. The smallest absolute Gasteiger partial charge is 0.408 e. The minimum absolute atomic E-state index is 0.0271. The molecule has 0 bridgehead atoms. The monoisotopic (exact) mass is 1840 g/mol. The number of likely N-dealkylation sites (tertiary alicyclic amines) is 2. The SMILES string of the molecule is CC1=C(C)C(=O)C(CCC(=O)NCCCC[C@H](NC(=O)[C@@H]2CCCN2C(=O)[C@H](/C=C/[C@H](CC(C)C)NC(=O)OC(C)(C)C)Cc2ccccc2)C(=O)NC(C)C)=C(C)C1=O.COC1=C(OC)C(=O)C(CCCCCCCCCCOC(=O)NCCCC[C@H](NC(=O)[C@@H]2CCCN2C(=O)[C@H](/C=C/[C@H](CC(C)C)NC(=O)OC(C)(C)C)CCc2ccccc2)C(=O)NC(C)C)=C(C)C1=O. The van der Waals surface area contributed by atoms with Crippen LogP contribution in [0, 0.1) is 23.7 Å². The molecule has 2 aliphatic carbocycles. The number of carbonyl (C=O) groups is 14. The number of amides is 10. The Hall–Kier alpha value is -10.7. The molecule has 29 nitrogen and oxygen atoms in total. The second-order valence-corrected chi connectivity index (χ2v) is 38.6. The summed E-state index contributed by atoms with van der Waals surface area (Å²) >= 11 is 0. The minimum Gasteiger partial charge on any atom is -0.489 e. The second-order valence-electron chi connectivity index (χ2n) is 38.6. The fraction of sp³-hybridized carbons (Fsp3) is 0.631. The van der Waals surface area contributed by atoms with Crippen molar-refractivity contribution in [3.05, 3.63) is 141 Å². The first-order valence-electron chi connectivity index (χ1n) is 47.9. The molecule has 6 rings (SSSR count).